The van der Waals surface area contributed by atoms with Crippen LogP contribution in [0, 0.1) is 11.3 Å². The number of amides is 3. The first-order valence-electron chi connectivity index (χ1n) is 15.0. The van der Waals surface area contributed by atoms with E-state index in [2.05, 4.69) is 5.32 Å². The molecule has 220 valence electrons. The summed E-state index contributed by atoms with van der Waals surface area (Å²) < 4.78 is 11.0. The number of ether oxygens (including phenoxy) is 2. The summed E-state index contributed by atoms with van der Waals surface area (Å²) in [6.45, 7) is 7.87. The average molecular weight is 574 g/mol. The number of rotatable bonds is 7. The van der Waals surface area contributed by atoms with Crippen LogP contribution < -0.4 is 5.32 Å². The van der Waals surface area contributed by atoms with Gasteiger partial charge in [-0.3, -0.25) is 9.69 Å². The van der Waals surface area contributed by atoms with Gasteiger partial charge in [0.05, 0.1) is 5.54 Å². The number of likely N-dealkylation sites (tertiary alicyclic amines) is 1. The van der Waals surface area contributed by atoms with Crippen molar-refractivity contribution < 1.29 is 23.9 Å². The van der Waals surface area contributed by atoms with Crippen LogP contribution >= 0.6 is 11.6 Å². The van der Waals surface area contributed by atoms with Gasteiger partial charge >= 0.3 is 12.2 Å². The van der Waals surface area contributed by atoms with E-state index in [0.29, 0.717) is 37.1 Å². The summed E-state index contributed by atoms with van der Waals surface area (Å²) in [5.41, 5.74) is 0.139. The molecule has 4 fully saturated rings. The van der Waals surface area contributed by atoms with Gasteiger partial charge in [-0.15, -0.1) is 0 Å². The van der Waals surface area contributed by atoms with E-state index in [-0.39, 0.29) is 23.0 Å². The Labute approximate surface area is 243 Å². The Balaban J connectivity index is 1.31. The SMILES string of the molecule is CC(C)(C)OC(=O)N[C@@H](Cc1ccc(Cl)cc1)C(=O)N1CCC(CN2C(=O)OCC23CC3)(C2CCCCC2)CC1. The number of piperidine rings is 1. The van der Waals surface area contributed by atoms with E-state index in [1.165, 1.54) is 32.1 Å². The first-order valence-corrected chi connectivity index (χ1v) is 15.3. The molecule has 3 amide bonds. The summed E-state index contributed by atoms with van der Waals surface area (Å²) in [5, 5.41) is 3.47. The first-order chi connectivity index (χ1) is 19.0. The van der Waals surface area contributed by atoms with Crippen molar-refractivity contribution in [2.24, 2.45) is 11.3 Å². The van der Waals surface area contributed by atoms with Gasteiger partial charge in [-0.2, -0.15) is 0 Å². The second kappa shape index (κ2) is 11.4. The molecule has 1 N–H and O–H groups in total. The molecule has 40 heavy (non-hydrogen) atoms. The second-order valence-corrected chi connectivity index (χ2v) is 13.9. The molecule has 2 aliphatic carbocycles. The van der Waals surface area contributed by atoms with Crippen LogP contribution in [-0.2, 0) is 20.7 Å². The Bertz CT molecular complexity index is 1080. The van der Waals surface area contributed by atoms with E-state index < -0.39 is 17.7 Å². The largest absolute Gasteiger partial charge is 0.447 e. The van der Waals surface area contributed by atoms with E-state index in [9.17, 15) is 14.4 Å². The third-order valence-electron chi connectivity index (χ3n) is 9.44. The Morgan fingerprint density at radius 1 is 1.07 bits per heavy atom. The van der Waals surface area contributed by atoms with Crippen molar-refractivity contribution in [3.05, 3.63) is 34.9 Å². The Hall–Kier alpha value is -2.48. The van der Waals surface area contributed by atoms with Crippen LogP contribution in [0.1, 0.15) is 84.1 Å². The summed E-state index contributed by atoms with van der Waals surface area (Å²) in [4.78, 5) is 43.3. The number of halogens is 1. The van der Waals surface area contributed by atoms with E-state index in [0.717, 1.165) is 37.8 Å². The van der Waals surface area contributed by atoms with Crippen molar-refractivity contribution in [3.8, 4) is 0 Å². The van der Waals surface area contributed by atoms with Gasteiger partial charge in [0.1, 0.15) is 18.2 Å². The molecular weight excluding hydrogens is 530 g/mol. The van der Waals surface area contributed by atoms with Crippen LogP contribution in [0.15, 0.2) is 24.3 Å². The van der Waals surface area contributed by atoms with Crippen molar-refractivity contribution in [2.45, 2.75) is 102 Å². The van der Waals surface area contributed by atoms with Crippen molar-refractivity contribution in [1.82, 2.24) is 15.1 Å². The smallest absolute Gasteiger partial charge is 0.410 e. The number of benzene rings is 1. The van der Waals surface area contributed by atoms with Gasteiger partial charge in [-0.05, 0) is 88.3 Å². The summed E-state index contributed by atoms with van der Waals surface area (Å²) in [5.74, 6) is 0.449. The Kier molecular flexibility index (Phi) is 8.29. The number of hydrogen-bond donors (Lipinski definition) is 1. The van der Waals surface area contributed by atoms with Crippen LogP contribution in [0.5, 0.6) is 0 Å². The minimum absolute atomic E-state index is 0.0135. The fourth-order valence-corrected chi connectivity index (χ4v) is 7.09. The molecule has 1 spiro atoms. The highest BCUT2D eigenvalue weighted by Crippen LogP contribution is 2.52. The lowest BCUT2D eigenvalue weighted by molar-refractivity contribution is -0.137. The molecule has 2 saturated heterocycles. The molecule has 1 atom stereocenters. The van der Waals surface area contributed by atoms with Crippen molar-refractivity contribution in [2.75, 3.05) is 26.2 Å². The molecule has 9 heteroatoms. The maximum atomic E-state index is 13.9. The van der Waals surface area contributed by atoms with Gasteiger partial charge in [0.15, 0.2) is 0 Å². The standard InChI is InChI=1S/C31H44ClN3O5/c1-29(2,3)40-27(37)33-25(19-22-9-11-24(32)12-10-22)26(36)34-17-15-30(16-18-34,23-7-5-4-6-8-23)20-35-28(38)39-21-31(35)13-14-31/h9-12,23,25H,4-8,13-21H2,1-3H3,(H,33,37)/t25-/m0/s1. The molecule has 8 nitrogen and oxygen atoms in total. The number of nitrogens with zero attached hydrogens (tertiary/aromatic N) is 2. The molecule has 0 unspecified atom stereocenters. The maximum absolute atomic E-state index is 13.9. The van der Waals surface area contributed by atoms with Crippen molar-refractivity contribution >= 4 is 29.7 Å². The molecule has 0 bridgehead atoms. The van der Waals surface area contributed by atoms with Crippen molar-refractivity contribution in [1.29, 1.82) is 0 Å². The molecular formula is C31H44ClN3O5. The third kappa shape index (κ3) is 6.53. The van der Waals surface area contributed by atoms with Crippen LogP contribution in [0.25, 0.3) is 0 Å². The highest BCUT2D eigenvalue weighted by molar-refractivity contribution is 6.30. The zero-order valence-corrected chi connectivity index (χ0v) is 24.9. The lowest BCUT2D eigenvalue weighted by atomic mass is 9.63. The van der Waals surface area contributed by atoms with Crippen LogP contribution in [0.4, 0.5) is 9.59 Å². The number of hydrogen-bond acceptors (Lipinski definition) is 5. The Morgan fingerprint density at radius 2 is 1.73 bits per heavy atom. The maximum Gasteiger partial charge on any atom is 0.410 e. The lowest BCUT2D eigenvalue weighted by Crippen LogP contribution is -2.57. The Morgan fingerprint density at radius 3 is 2.33 bits per heavy atom. The highest BCUT2D eigenvalue weighted by Gasteiger charge is 2.59. The van der Waals surface area contributed by atoms with E-state index >= 15 is 0 Å². The monoisotopic (exact) mass is 573 g/mol. The zero-order chi connectivity index (χ0) is 28.5. The second-order valence-electron chi connectivity index (χ2n) is 13.4. The third-order valence-corrected chi connectivity index (χ3v) is 9.69. The number of carbonyl (C=O) groups excluding carboxylic acids is 3. The van der Waals surface area contributed by atoms with Crippen LogP contribution in [0.2, 0.25) is 5.02 Å². The predicted octanol–water partition coefficient (Wildman–Crippen LogP) is 5.95. The predicted molar refractivity (Wildman–Crippen MR) is 153 cm³/mol. The number of alkyl carbamates (subject to hydrolysis) is 1. The summed E-state index contributed by atoms with van der Waals surface area (Å²) in [6.07, 6.45) is 9.42. The molecule has 2 aliphatic heterocycles. The van der Waals surface area contributed by atoms with E-state index in [1.807, 2.05) is 21.9 Å². The van der Waals surface area contributed by atoms with E-state index in [4.69, 9.17) is 21.1 Å². The van der Waals surface area contributed by atoms with Crippen molar-refractivity contribution in [3.63, 3.8) is 0 Å². The van der Waals surface area contributed by atoms with Gasteiger partial charge in [0.25, 0.3) is 0 Å². The van der Waals surface area contributed by atoms with E-state index in [1.54, 1.807) is 32.9 Å². The van der Waals surface area contributed by atoms with Gasteiger partial charge in [-0.25, -0.2) is 9.59 Å². The minimum atomic E-state index is -0.749. The number of carbonyl (C=O) groups is 3. The van der Waals surface area contributed by atoms with Gasteiger partial charge in [-0.1, -0.05) is 43.0 Å². The highest BCUT2D eigenvalue weighted by atomic mass is 35.5. The molecule has 1 aromatic carbocycles. The zero-order valence-electron chi connectivity index (χ0n) is 24.2. The molecule has 0 aromatic heterocycles. The lowest BCUT2D eigenvalue weighted by Gasteiger charge is -2.50. The first kappa shape index (κ1) is 29.0. The summed E-state index contributed by atoms with van der Waals surface area (Å²) >= 11 is 6.07. The van der Waals surface area contributed by atoms with Gasteiger partial charge < -0.3 is 19.7 Å². The quantitative estimate of drug-likeness (QED) is 0.435. The fraction of sp³-hybridized carbons (Fsp3) is 0.710. The summed E-state index contributed by atoms with van der Waals surface area (Å²) in [7, 11) is 0. The van der Waals surface area contributed by atoms with Crippen LogP contribution in [0.3, 0.4) is 0 Å². The molecule has 2 heterocycles. The molecule has 1 aromatic rings. The number of cyclic esters (lactones) is 1. The van der Waals surface area contributed by atoms with Crippen LogP contribution in [-0.4, -0.2) is 71.3 Å². The fourth-order valence-electron chi connectivity index (χ4n) is 6.96. The molecule has 0 radical (unpaired) electrons. The van der Waals surface area contributed by atoms with Gasteiger partial charge in [0, 0.05) is 31.1 Å². The topological polar surface area (TPSA) is 88.2 Å². The summed E-state index contributed by atoms with van der Waals surface area (Å²) in [6, 6.07) is 6.60. The normalized spacial score (nSPS) is 23.1. The van der Waals surface area contributed by atoms with Gasteiger partial charge in [0.2, 0.25) is 5.91 Å². The average Bonchev–Trinajstić information content (AvgIpc) is 3.65. The molecule has 2 saturated carbocycles. The molecule has 4 aliphatic rings. The minimum Gasteiger partial charge on any atom is -0.447 e. The number of nitrogens with one attached hydrogen (secondary N) is 1. The molecule has 5 rings (SSSR count).